The van der Waals surface area contributed by atoms with Crippen molar-refractivity contribution in [1.29, 1.82) is 0 Å². The molecule has 0 unspecified atom stereocenters. The van der Waals surface area contributed by atoms with Crippen LogP contribution >= 0.6 is 7.92 Å². The molecular weight excluding hydrogens is 784 g/mol. The molecule has 7 heteroatoms. The van der Waals surface area contributed by atoms with Crippen molar-refractivity contribution in [2.45, 2.75) is 135 Å². The Morgan fingerprint density at radius 2 is 1.09 bits per heavy atom. The fourth-order valence-corrected chi connectivity index (χ4v) is 12.7. The number of nitrogens with two attached hydrogens (primary N) is 1. The molecule has 2 aliphatic carbocycles. The van der Waals surface area contributed by atoms with Crippen LogP contribution in [-0.4, -0.2) is 30.5 Å². The summed E-state index contributed by atoms with van der Waals surface area (Å²) in [6.07, 6.45) is 22.8. The van der Waals surface area contributed by atoms with Crippen molar-refractivity contribution >= 4 is 33.1 Å². The number of benzene rings is 4. The van der Waals surface area contributed by atoms with Gasteiger partial charge in [0.1, 0.15) is 0 Å². The molecule has 3 N–H and O–H groups in total. The first-order chi connectivity index (χ1) is 25.5. The first kappa shape index (κ1) is 43.4. The van der Waals surface area contributed by atoms with E-state index in [1.165, 1.54) is 103 Å². The Hall–Kier alpha value is -2.32. The van der Waals surface area contributed by atoms with Crippen molar-refractivity contribution in [3.8, 4) is 22.3 Å². The van der Waals surface area contributed by atoms with E-state index in [-0.39, 0.29) is 7.92 Å². The van der Waals surface area contributed by atoms with Crippen LogP contribution in [0.15, 0.2) is 84.9 Å². The Morgan fingerprint density at radius 3 is 1.57 bits per heavy atom. The van der Waals surface area contributed by atoms with E-state index >= 15 is 0 Å². The second-order valence-corrected chi connectivity index (χ2v) is 19.9. The van der Waals surface area contributed by atoms with Gasteiger partial charge >= 0.3 is 94.3 Å². The summed E-state index contributed by atoms with van der Waals surface area (Å²) in [4.78, 5) is 0. The van der Waals surface area contributed by atoms with Gasteiger partial charge < -0.3 is 0 Å². The number of hydrogen-bond acceptors (Lipinski definition) is 3. The van der Waals surface area contributed by atoms with Crippen molar-refractivity contribution in [1.82, 2.24) is 0 Å². The summed E-state index contributed by atoms with van der Waals surface area (Å²) in [5, 5.41) is 1.77. The SMILES string of the molecule is CCCc1cc(CCC)c(-c2ccccc2P(C2CCCCC2)C2CCCCC2)c(CCC)c1.CS(=O)(=O)O.Nc1ccccc1-c1cccc[c]1[Pd]. The molecule has 291 valence electrons. The van der Waals surface area contributed by atoms with Gasteiger partial charge in [0.05, 0.1) is 6.26 Å². The molecule has 0 heterocycles. The van der Waals surface area contributed by atoms with Crippen LogP contribution in [0.25, 0.3) is 22.3 Å². The number of nitrogen functional groups attached to an aromatic ring is 1. The molecular formula is C46H63NO3PPdS. The fourth-order valence-electron chi connectivity index (χ4n) is 8.27. The first-order valence-electron chi connectivity index (χ1n) is 20.1. The van der Waals surface area contributed by atoms with Crippen molar-refractivity contribution in [2.75, 3.05) is 12.0 Å². The van der Waals surface area contributed by atoms with Crippen molar-refractivity contribution < 1.29 is 32.2 Å². The van der Waals surface area contributed by atoms with Crippen LogP contribution in [0.4, 0.5) is 5.69 Å². The first-order valence-corrected chi connectivity index (χ1v) is 24.2. The molecule has 4 aromatic rings. The fraction of sp³-hybridized carbons (Fsp3) is 0.478. The summed E-state index contributed by atoms with van der Waals surface area (Å²) >= 11 is 3.23. The van der Waals surface area contributed by atoms with E-state index in [9.17, 15) is 8.42 Å². The van der Waals surface area contributed by atoms with Gasteiger partial charge in [-0.2, -0.15) is 8.42 Å². The molecule has 6 rings (SSSR count). The van der Waals surface area contributed by atoms with Gasteiger partial charge in [0.2, 0.25) is 0 Å². The second-order valence-electron chi connectivity index (χ2n) is 14.8. The van der Waals surface area contributed by atoms with Crippen LogP contribution < -0.4 is 15.1 Å². The quantitative estimate of drug-likeness (QED) is 0.0682. The van der Waals surface area contributed by atoms with Crippen LogP contribution in [0.1, 0.15) is 121 Å². The summed E-state index contributed by atoms with van der Waals surface area (Å²) in [6.45, 7) is 7.04. The van der Waals surface area contributed by atoms with Crippen LogP contribution in [0, 0.1) is 0 Å². The predicted molar refractivity (Wildman–Crippen MR) is 228 cm³/mol. The maximum absolute atomic E-state index is 9.19. The molecule has 0 aromatic heterocycles. The van der Waals surface area contributed by atoms with Gasteiger partial charge in [-0.1, -0.05) is 123 Å². The molecule has 4 aromatic carbocycles. The molecule has 0 atom stereocenters. The number of hydrogen-bond donors (Lipinski definition) is 2. The van der Waals surface area contributed by atoms with E-state index in [0.29, 0.717) is 6.26 Å². The van der Waals surface area contributed by atoms with Crippen LogP contribution in [0.3, 0.4) is 0 Å². The Kier molecular flexibility index (Phi) is 18.3. The minimum absolute atomic E-state index is 0.0942. The molecule has 4 nitrogen and oxygen atoms in total. The zero-order valence-corrected chi connectivity index (χ0v) is 35.8. The standard InChI is InChI=1S/C33H49P.C12H10N.CH4O3S.Pd/c1-4-15-26-24-27(16-5-2)33(28(25-26)17-6-3)31-22-13-14-23-32(31)34(29-18-9-7-10-19-29)30-20-11-8-12-21-30;13-12-9-5-4-8-11(12)10-6-2-1-3-7-10;1-5(2,3)4;/h13-14,22-25,29-30H,4-12,15-21H2,1-3H3;1-6,8-9H,13H2;1H3,(H,2,3,4);. The van der Waals surface area contributed by atoms with E-state index in [2.05, 4.69) is 82.4 Å². The molecule has 53 heavy (non-hydrogen) atoms. The number of para-hydroxylation sites is 1. The minimum atomic E-state index is -3.67. The summed E-state index contributed by atoms with van der Waals surface area (Å²) in [7, 11) is -3.76. The van der Waals surface area contributed by atoms with Gasteiger partial charge in [0, 0.05) is 0 Å². The summed E-state index contributed by atoms with van der Waals surface area (Å²) in [6, 6.07) is 31.0. The predicted octanol–water partition coefficient (Wildman–Crippen LogP) is 11.6. The van der Waals surface area contributed by atoms with Gasteiger partial charge in [-0.15, -0.1) is 0 Å². The van der Waals surface area contributed by atoms with Gasteiger partial charge in [-0.3, -0.25) is 4.55 Å². The van der Waals surface area contributed by atoms with Crippen LogP contribution in [0.5, 0.6) is 0 Å². The van der Waals surface area contributed by atoms with Crippen LogP contribution in [0.2, 0.25) is 0 Å². The Morgan fingerprint density at radius 1 is 0.660 bits per heavy atom. The van der Waals surface area contributed by atoms with Crippen molar-refractivity contribution in [2.24, 2.45) is 0 Å². The number of anilines is 1. The maximum atomic E-state index is 9.19. The third-order valence-corrected chi connectivity index (χ3v) is 14.7. The third-order valence-electron chi connectivity index (χ3n) is 10.4. The van der Waals surface area contributed by atoms with E-state index in [1.54, 1.807) is 33.1 Å². The molecule has 2 aliphatic rings. The van der Waals surface area contributed by atoms with Gasteiger partial charge in [-0.05, 0) is 89.4 Å². The zero-order valence-electron chi connectivity index (χ0n) is 32.6. The Balaban J connectivity index is 0.000000271. The van der Waals surface area contributed by atoms with Crippen molar-refractivity contribution in [3.63, 3.8) is 0 Å². The van der Waals surface area contributed by atoms with E-state index < -0.39 is 10.1 Å². The molecule has 0 aliphatic heterocycles. The van der Waals surface area contributed by atoms with Crippen molar-refractivity contribution in [3.05, 3.63) is 102 Å². The zero-order chi connectivity index (χ0) is 38.2. The van der Waals surface area contributed by atoms with E-state index in [0.717, 1.165) is 32.2 Å². The van der Waals surface area contributed by atoms with E-state index in [4.69, 9.17) is 10.3 Å². The monoisotopic (exact) mass is 846 g/mol. The molecule has 0 saturated heterocycles. The van der Waals surface area contributed by atoms with E-state index in [1.807, 2.05) is 42.5 Å². The molecule has 0 bridgehead atoms. The summed E-state index contributed by atoms with van der Waals surface area (Å²) in [5.41, 5.74) is 18.9. The average molecular weight is 847 g/mol. The summed E-state index contributed by atoms with van der Waals surface area (Å²) < 4.78 is 27.0. The molecule has 2 fully saturated rings. The second kappa shape index (κ2) is 22.3. The van der Waals surface area contributed by atoms with Gasteiger partial charge in [0.15, 0.2) is 0 Å². The van der Waals surface area contributed by atoms with Gasteiger partial charge in [-0.25, -0.2) is 0 Å². The average Bonchev–Trinajstić information content (AvgIpc) is 3.14. The number of rotatable bonds is 11. The summed E-state index contributed by atoms with van der Waals surface area (Å²) in [5.74, 6) is 0. The Labute approximate surface area is 334 Å². The van der Waals surface area contributed by atoms with Crippen LogP contribution in [-0.2, 0) is 48.6 Å². The third kappa shape index (κ3) is 13.4. The molecule has 0 spiro atoms. The van der Waals surface area contributed by atoms with Gasteiger partial charge in [0.25, 0.3) is 10.1 Å². The number of aryl methyl sites for hydroxylation is 3. The molecule has 0 amide bonds. The molecule has 2 saturated carbocycles. The topological polar surface area (TPSA) is 80.4 Å². The normalized spacial score (nSPS) is 15.3. The molecule has 0 radical (unpaired) electrons. The Bertz CT molecular complexity index is 1720.